The minimum Gasteiger partial charge on any atom is -0.462 e. The quantitative estimate of drug-likeness (QED) is 0.0262. The van der Waals surface area contributed by atoms with Gasteiger partial charge in [-0.05, 0) is 44.9 Å². The van der Waals surface area contributed by atoms with Crippen molar-refractivity contribution >= 4 is 17.9 Å². The van der Waals surface area contributed by atoms with Gasteiger partial charge in [0.1, 0.15) is 13.2 Å². The van der Waals surface area contributed by atoms with Gasteiger partial charge in [-0.15, -0.1) is 0 Å². The lowest BCUT2D eigenvalue weighted by Gasteiger charge is -2.18. The first kappa shape index (κ1) is 62.1. The van der Waals surface area contributed by atoms with E-state index in [4.69, 9.17) is 14.2 Å². The number of carbonyl (C=O) groups excluding carboxylic acids is 3. The van der Waals surface area contributed by atoms with Crippen molar-refractivity contribution in [3.63, 3.8) is 0 Å². The number of hydrogen-bond donors (Lipinski definition) is 0. The molecular weight excluding hydrogens is 793 g/mol. The minimum atomic E-state index is -0.760. The molecule has 0 radical (unpaired) electrons. The van der Waals surface area contributed by atoms with Crippen LogP contribution in [0.1, 0.15) is 323 Å². The predicted molar refractivity (Wildman–Crippen MR) is 275 cm³/mol. The molecule has 6 heteroatoms. The Kier molecular flexibility index (Phi) is 52.2. The third-order valence-electron chi connectivity index (χ3n) is 13.0. The van der Waals surface area contributed by atoms with Gasteiger partial charge in [0.25, 0.3) is 0 Å². The fraction of sp³-hybridized carbons (Fsp3) is 0.914. The molecule has 0 saturated carbocycles. The molecule has 0 aromatic rings. The van der Waals surface area contributed by atoms with Crippen LogP contribution in [0.3, 0.4) is 0 Å². The van der Waals surface area contributed by atoms with Crippen LogP contribution < -0.4 is 0 Å². The first-order chi connectivity index (χ1) is 31.5. The van der Waals surface area contributed by atoms with Crippen molar-refractivity contribution in [3.8, 4) is 0 Å². The number of esters is 3. The van der Waals surface area contributed by atoms with Gasteiger partial charge in [-0.1, -0.05) is 270 Å². The third kappa shape index (κ3) is 51.1. The zero-order valence-corrected chi connectivity index (χ0v) is 43.3. The van der Waals surface area contributed by atoms with Crippen molar-refractivity contribution in [2.75, 3.05) is 13.2 Å². The van der Waals surface area contributed by atoms with Crippen LogP contribution in [0.15, 0.2) is 12.2 Å². The molecule has 0 amide bonds. The van der Waals surface area contributed by atoms with E-state index in [-0.39, 0.29) is 31.1 Å². The van der Waals surface area contributed by atoms with Gasteiger partial charge in [0.05, 0.1) is 0 Å². The van der Waals surface area contributed by atoms with Crippen LogP contribution in [0.4, 0.5) is 0 Å². The lowest BCUT2D eigenvalue weighted by atomic mass is 10.0. The second-order valence-electron chi connectivity index (χ2n) is 19.6. The van der Waals surface area contributed by atoms with Gasteiger partial charge >= 0.3 is 17.9 Å². The van der Waals surface area contributed by atoms with Crippen molar-refractivity contribution < 1.29 is 28.6 Å². The lowest BCUT2D eigenvalue weighted by Crippen LogP contribution is -2.30. The molecule has 0 aliphatic rings. The number of rotatable bonds is 53. The molecule has 1 atom stereocenters. The first-order valence-corrected chi connectivity index (χ1v) is 28.7. The van der Waals surface area contributed by atoms with Gasteiger partial charge in [0.15, 0.2) is 6.10 Å². The van der Waals surface area contributed by atoms with Gasteiger partial charge in [-0.25, -0.2) is 0 Å². The molecule has 6 nitrogen and oxygen atoms in total. The average molecular weight is 904 g/mol. The summed E-state index contributed by atoms with van der Waals surface area (Å²) in [6, 6.07) is 0. The van der Waals surface area contributed by atoms with Crippen molar-refractivity contribution in [2.45, 2.75) is 329 Å². The summed E-state index contributed by atoms with van der Waals surface area (Å²) in [6.45, 7) is 6.60. The highest BCUT2D eigenvalue weighted by Gasteiger charge is 2.19. The number of hydrogen-bond acceptors (Lipinski definition) is 6. The summed E-state index contributed by atoms with van der Waals surface area (Å²) in [5.41, 5.74) is 0. The van der Waals surface area contributed by atoms with E-state index in [9.17, 15) is 14.4 Å². The maximum absolute atomic E-state index is 12.7. The zero-order valence-electron chi connectivity index (χ0n) is 43.3. The largest absolute Gasteiger partial charge is 0.462 e. The Balaban J connectivity index is 3.96. The Morgan fingerprint density at radius 2 is 0.516 bits per heavy atom. The number of allylic oxidation sites excluding steroid dienone is 2. The predicted octanol–water partition coefficient (Wildman–Crippen LogP) is 18.9. The first-order valence-electron chi connectivity index (χ1n) is 28.7. The van der Waals surface area contributed by atoms with Crippen LogP contribution in [0.25, 0.3) is 0 Å². The molecule has 0 aliphatic heterocycles. The van der Waals surface area contributed by atoms with Crippen molar-refractivity contribution in [3.05, 3.63) is 12.2 Å². The van der Waals surface area contributed by atoms with Crippen LogP contribution in [-0.4, -0.2) is 37.2 Å². The van der Waals surface area contributed by atoms with Gasteiger partial charge < -0.3 is 14.2 Å². The van der Waals surface area contributed by atoms with Crippen LogP contribution >= 0.6 is 0 Å². The van der Waals surface area contributed by atoms with E-state index in [0.717, 1.165) is 64.2 Å². The Labute approximate surface area is 399 Å². The van der Waals surface area contributed by atoms with Crippen molar-refractivity contribution in [2.24, 2.45) is 0 Å². The number of unbranched alkanes of at least 4 members (excludes halogenated alkanes) is 40. The Morgan fingerprint density at radius 3 is 0.781 bits per heavy atom. The minimum absolute atomic E-state index is 0.0651. The van der Waals surface area contributed by atoms with Crippen LogP contribution in [0.5, 0.6) is 0 Å². The average Bonchev–Trinajstić information content (AvgIpc) is 3.29. The van der Waals surface area contributed by atoms with E-state index < -0.39 is 6.10 Å². The Bertz CT molecular complexity index is 993. The molecule has 0 rings (SSSR count). The van der Waals surface area contributed by atoms with Crippen LogP contribution in [0, 0.1) is 0 Å². The maximum atomic E-state index is 12.7. The van der Waals surface area contributed by atoms with E-state index in [1.165, 1.54) is 218 Å². The molecule has 0 aromatic carbocycles. The highest BCUT2D eigenvalue weighted by molar-refractivity contribution is 5.71. The summed E-state index contributed by atoms with van der Waals surface area (Å²) in [6.07, 6.45) is 61.2. The Hall–Kier alpha value is -1.85. The highest BCUT2D eigenvalue weighted by atomic mass is 16.6. The Morgan fingerprint density at radius 1 is 0.297 bits per heavy atom. The standard InChI is InChI=1S/C58H110O6/c1-4-7-10-13-15-17-19-21-23-24-25-26-27-28-29-30-31-32-33-34-35-37-38-40-42-45-48-51-57(60)63-54-55(53-62-56(59)50-47-44-12-9-6-3)64-58(61)52-49-46-43-41-39-36-22-20-18-16-14-11-8-5-2/h24-25,55H,4-23,26-54H2,1-3H3/b25-24-. The molecule has 0 aromatic heterocycles. The van der Waals surface area contributed by atoms with Gasteiger partial charge in [-0.2, -0.15) is 0 Å². The molecule has 1 unspecified atom stereocenters. The van der Waals surface area contributed by atoms with Gasteiger partial charge in [0.2, 0.25) is 0 Å². The molecule has 64 heavy (non-hydrogen) atoms. The summed E-state index contributed by atoms with van der Waals surface area (Å²) in [7, 11) is 0. The lowest BCUT2D eigenvalue weighted by molar-refractivity contribution is -0.167. The molecule has 0 fully saturated rings. The highest BCUT2D eigenvalue weighted by Crippen LogP contribution is 2.17. The molecule has 0 aliphatic carbocycles. The molecule has 378 valence electrons. The molecule has 0 saturated heterocycles. The van der Waals surface area contributed by atoms with E-state index in [2.05, 4.69) is 32.9 Å². The molecule has 0 heterocycles. The second-order valence-corrected chi connectivity index (χ2v) is 19.6. The summed E-state index contributed by atoms with van der Waals surface area (Å²) >= 11 is 0. The monoisotopic (exact) mass is 903 g/mol. The van der Waals surface area contributed by atoms with E-state index in [0.29, 0.717) is 19.3 Å². The maximum Gasteiger partial charge on any atom is 0.306 e. The SMILES string of the molecule is CCCCCCCCCC/C=C\CCCCCCCCCCCCCCCCCC(=O)OCC(COC(=O)CCCCCCC)OC(=O)CCCCCCCCCCCCCCCC. The van der Waals surface area contributed by atoms with Crippen LogP contribution in [-0.2, 0) is 28.6 Å². The number of ether oxygens (including phenoxy) is 3. The molecule has 0 bridgehead atoms. The summed E-state index contributed by atoms with van der Waals surface area (Å²) in [5, 5.41) is 0. The van der Waals surface area contributed by atoms with Gasteiger partial charge in [0, 0.05) is 19.3 Å². The molecule has 0 N–H and O–H groups in total. The van der Waals surface area contributed by atoms with E-state index in [1.54, 1.807) is 0 Å². The summed E-state index contributed by atoms with van der Waals surface area (Å²) in [5.74, 6) is -0.860. The van der Waals surface area contributed by atoms with Crippen molar-refractivity contribution in [1.82, 2.24) is 0 Å². The fourth-order valence-corrected chi connectivity index (χ4v) is 8.68. The molecule has 0 spiro atoms. The van der Waals surface area contributed by atoms with E-state index >= 15 is 0 Å². The zero-order chi connectivity index (χ0) is 46.5. The summed E-state index contributed by atoms with van der Waals surface area (Å²) in [4.78, 5) is 37.7. The topological polar surface area (TPSA) is 78.9 Å². The normalized spacial score (nSPS) is 12.0. The fourth-order valence-electron chi connectivity index (χ4n) is 8.68. The smallest absolute Gasteiger partial charge is 0.306 e. The van der Waals surface area contributed by atoms with Crippen LogP contribution in [0.2, 0.25) is 0 Å². The summed E-state index contributed by atoms with van der Waals surface area (Å²) < 4.78 is 16.7. The number of carbonyl (C=O) groups is 3. The molecular formula is C58H110O6. The van der Waals surface area contributed by atoms with Crippen molar-refractivity contribution in [1.29, 1.82) is 0 Å². The third-order valence-corrected chi connectivity index (χ3v) is 13.0. The van der Waals surface area contributed by atoms with E-state index in [1.807, 2.05) is 0 Å². The van der Waals surface area contributed by atoms with Gasteiger partial charge in [-0.3, -0.25) is 14.4 Å². The second kappa shape index (κ2) is 53.8.